The Hall–Kier alpha value is -0.610. The van der Waals surface area contributed by atoms with Crippen LogP contribution in [0, 0.1) is 0 Å². The third-order valence-electron chi connectivity index (χ3n) is 4.30. The second-order valence-corrected chi connectivity index (χ2v) is 6.15. The molecular weight excluding hydrogens is 226 g/mol. The molecule has 0 aromatic rings. The summed E-state index contributed by atoms with van der Waals surface area (Å²) in [5, 5.41) is 0. The lowest BCUT2D eigenvalue weighted by molar-refractivity contribution is -0.137. The fourth-order valence-electron chi connectivity index (χ4n) is 3.22. The van der Waals surface area contributed by atoms with E-state index in [-0.39, 0.29) is 11.9 Å². The van der Waals surface area contributed by atoms with Crippen molar-refractivity contribution in [2.45, 2.75) is 69.6 Å². The molecule has 2 N–H and O–H groups in total. The largest absolute Gasteiger partial charge is 0.334 e. The van der Waals surface area contributed by atoms with Gasteiger partial charge in [0.25, 0.3) is 0 Å². The Bertz CT molecular complexity index is 299. The summed E-state index contributed by atoms with van der Waals surface area (Å²) in [4.78, 5) is 16.8. The zero-order chi connectivity index (χ0) is 13.3. The molecular formula is C14H27N3O. The first-order valence-corrected chi connectivity index (χ1v) is 7.26. The molecule has 0 spiro atoms. The molecule has 1 amide bonds. The standard InChI is InChI=1S/C14H27N3O/c1-10(15)14(18)17(11-8-9-11)13-7-5-4-6-12(13)16(2)3/h10-13H,4-9,15H2,1-3H3/t10-,12?,13?/m0/s1. The number of carbonyl (C=O) groups excluding carboxylic acids is 1. The second-order valence-electron chi connectivity index (χ2n) is 6.15. The maximum atomic E-state index is 12.4. The number of hydrogen-bond donors (Lipinski definition) is 1. The highest BCUT2D eigenvalue weighted by atomic mass is 16.2. The Morgan fingerprint density at radius 3 is 2.11 bits per heavy atom. The van der Waals surface area contributed by atoms with Gasteiger partial charge in [0.2, 0.25) is 5.91 Å². The first-order chi connectivity index (χ1) is 8.52. The van der Waals surface area contributed by atoms with Gasteiger partial charge in [0.1, 0.15) is 0 Å². The Balaban J connectivity index is 2.15. The quantitative estimate of drug-likeness (QED) is 0.819. The summed E-state index contributed by atoms with van der Waals surface area (Å²) in [6.07, 6.45) is 7.18. The number of nitrogens with two attached hydrogens (primary N) is 1. The van der Waals surface area contributed by atoms with Gasteiger partial charge in [0, 0.05) is 18.1 Å². The van der Waals surface area contributed by atoms with Crippen molar-refractivity contribution < 1.29 is 4.79 Å². The first-order valence-electron chi connectivity index (χ1n) is 7.26. The number of rotatable bonds is 4. The molecule has 0 bridgehead atoms. The number of carbonyl (C=O) groups is 1. The summed E-state index contributed by atoms with van der Waals surface area (Å²) in [6, 6.07) is 0.978. The summed E-state index contributed by atoms with van der Waals surface area (Å²) in [5.41, 5.74) is 5.83. The second kappa shape index (κ2) is 5.57. The smallest absolute Gasteiger partial charge is 0.239 e. The van der Waals surface area contributed by atoms with Crippen LogP contribution >= 0.6 is 0 Å². The molecule has 18 heavy (non-hydrogen) atoms. The van der Waals surface area contributed by atoms with Gasteiger partial charge < -0.3 is 15.5 Å². The molecule has 4 nitrogen and oxygen atoms in total. The normalized spacial score (nSPS) is 30.3. The van der Waals surface area contributed by atoms with Crippen molar-refractivity contribution in [1.29, 1.82) is 0 Å². The van der Waals surface area contributed by atoms with E-state index >= 15 is 0 Å². The zero-order valence-corrected chi connectivity index (χ0v) is 11.9. The van der Waals surface area contributed by atoms with Gasteiger partial charge >= 0.3 is 0 Å². The summed E-state index contributed by atoms with van der Waals surface area (Å²) >= 11 is 0. The van der Waals surface area contributed by atoms with Crippen molar-refractivity contribution in [3.63, 3.8) is 0 Å². The number of amides is 1. The average molecular weight is 253 g/mol. The summed E-state index contributed by atoms with van der Waals surface area (Å²) in [7, 11) is 4.26. The van der Waals surface area contributed by atoms with E-state index in [1.165, 1.54) is 19.3 Å². The minimum Gasteiger partial charge on any atom is -0.334 e. The molecule has 2 aliphatic carbocycles. The fraction of sp³-hybridized carbons (Fsp3) is 0.929. The van der Waals surface area contributed by atoms with Crippen LogP contribution in [0.2, 0.25) is 0 Å². The number of nitrogens with zero attached hydrogens (tertiary/aromatic N) is 2. The van der Waals surface area contributed by atoms with Crippen molar-refractivity contribution >= 4 is 5.91 Å². The van der Waals surface area contributed by atoms with Crippen LogP contribution in [0.15, 0.2) is 0 Å². The van der Waals surface area contributed by atoms with Crippen LogP contribution in [-0.4, -0.2) is 54.0 Å². The highest BCUT2D eigenvalue weighted by Crippen LogP contribution is 2.35. The van der Waals surface area contributed by atoms with Gasteiger partial charge in [0.15, 0.2) is 0 Å². The van der Waals surface area contributed by atoms with Gasteiger partial charge in [-0.1, -0.05) is 12.8 Å². The van der Waals surface area contributed by atoms with E-state index in [4.69, 9.17) is 5.73 Å². The zero-order valence-electron chi connectivity index (χ0n) is 11.9. The average Bonchev–Trinajstić information content (AvgIpc) is 3.14. The van der Waals surface area contributed by atoms with Gasteiger partial charge in [-0.15, -0.1) is 0 Å². The summed E-state index contributed by atoms with van der Waals surface area (Å²) < 4.78 is 0. The first kappa shape index (κ1) is 13.8. The van der Waals surface area contributed by atoms with E-state index in [0.29, 0.717) is 18.1 Å². The maximum Gasteiger partial charge on any atom is 0.239 e. The molecule has 0 heterocycles. The molecule has 2 fully saturated rings. The monoisotopic (exact) mass is 253 g/mol. The highest BCUT2D eigenvalue weighted by molar-refractivity contribution is 5.82. The minimum atomic E-state index is -0.365. The molecule has 0 saturated heterocycles. The molecule has 0 aromatic heterocycles. The van der Waals surface area contributed by atoms with E-state index in [0.717, 1.165) is 19.3 Å². The molecule has 2 aliphatic rings. The Morgan fingerprint density at radius 2 is 1.67 bits per heavy atom. The van der Waals surface area contributed by atoms with E-state index in [9.17, 15) is 4.79 Å². The van der Waals surface area contributed by atoms with Gasteiger partial charge in [-0.25, -0.2) is 0 Å². The molecule has 4 heteroatoms. The van der Waals surface area contributed by atoms with Crippen molar-refractivity contribution in [2.24, 2.45) is 5.73 Å². The highest BCUT2D eigenvalue weighted by Gasteiger charge is 2.42. The number of likely N-dealkylation sites (N-methyl/N-ethyl adjacent to an activating group) is 1. The van der Waals surface area contributed by atoms with Gasteiger partial charge in [-0.2, -0.15) is 0 Å². The van der Waals surface area contributed by atoms with E-state index < -0.39 is 0 Å². The van der Waals surface area contributed by atoms with Crippen molar-refractivity contribution in [1.82, 2.24) is 9.80 Å². The summed E-state index contributed by atoms with van der Waals surface area (Å²) in [6.45, 7) is 1.81. The summed E-state index contributed by atoms with van der Waals surface area (Å²) in [5.74, 6) is 0.149. The Labute approximate surface area is 110 Å². The molecule has 0 radical (unpaired) electrons. The Morgan fingerprint density at radius 1 is 1.11 bits per heavy atom. The van der Waals surface area contributed by atoms with Crippen LogP contribution in [0.3, 0.4) is 0 Å². The Kier molecular flexibility index (Phi) is 4.28. The minimum absolute atomic E-state index is 0.149. The van der Waals surface area contributed by atoms with Gasteiger partial charge in [-0.3, -0.25) is 4.79 Å². The van der Waals surface area contributed by atoms with Crippen molar-refractivity contribution in [2.75, 3.05) is 14.1 Å². The van der Waals surface area contributed by atoms with Crippen LogP contribution in [-0.2, 0) is 4.79 Å². The lowest BCUT2D eigenvalue weighted by atomic mass is 9.88. The third kappa shape index (κ3) is 2.86. The lowest BCUT2D eigenvalue weighted by Gasteiger charge is -2.43. The van der Waals surface area contributed by atoms with Gasteiger partial charge in [0.05, 0.1) is 6.04 Å². The number of hydrogen-bond acceptors (Lipinski definition) is 3. The predicted octanol–water partition coefficient (Wildman–Crippen LogP) is 1.20. The van der Waals surface area contributed by atoms with E-state index in [1.54, 1.807) is 0 Å². The van der Waals surface area contributed by atoms with Crippen molar-refractivity contribution in [3.05, 3.63) is 0 Å². The predicted molar refractivity (Wildman–Crippen MR) is 73.2 cm³/mol. The van der Waals surface area contributed by atoms with E-state index in [1.807, 2.05) is 6.92 Å². The molecule has 2 rings (SSSR count). The molecule has 0 aliphatic heterocycles. The maximum absolute atomic E-state index is 12.4. The molecule has 2 saturated carbocycles. The van der Waals surface area contributed by atoms with Crippen molar-refractivity contribution in [3.8, 4) is 0 Å². The lowest BCUT2D eigenvalue weighted by Crippen LogP contribution is -2.57. The SMILES string of the molecule is C[C@H](N)C(=O)N(C1CC1)C1CCCCC1N(C)C. The van der Waals surface area contributed by atoms with Crippen LogP contribution < -0.4 is 5.73 Å². The van der Waals surface area contributed by atoms with Crippen LogP contribution in [0.5, 0.6) is 0 Å². The topological polar surface area (TPSA) is 49.6 Å². The molecule has 2 unspecified atom stereocenters. The van der Waals surface area contributed by atoms with Crippen LogP contribution in [0.25, 0.3) is 0 Å². The van der Waals surface area contributed by atoms with Gasteiger partial charge in [-0.05, 0) is 46.7 Å². The van der Waals surface area contributed by atoms with Crippen LogP contribution in [0.1, 0.15) is 45.4 Å². The molecule has 104 valence electrons. The fourth-order valence-corrected chi connectivity index (χ4v) is 3.22. The molecule has 3 atom stereocenters. The van der Waals surface area contributed by atoms with Crippen LogP contribution in [0.4, 0.5) is 0 Å². The van der Waals surface area contributed by atoms with E-state index in [2.05, 4.69) is 23.9 Å². The third-order valence-corrected chi connectivity index (χ3v) is 4.30. The molecule has 0 aromatic carbocycles.